The van der Waals surface area contributed by atoms with Gasteiger partial charge in [-0.25, -0.2) is 0 Å². The molecule has 0 aliphatic rings. The Hall–Kier alpha value is -1.66. The van der Waals surface area contributed by atoms with Crippen LogP contribution >= 0.6 is 0 Å². The van der Waals surface area contributed by atoms with E-state index in [0.29, 0.717) is 18.7 Å². The highest BCUT2D eigenvalue weighted by Crippen LogP contribution is 2.02. The standard InChI is InChI=1S/C12H18N2O4/c1-13-4-3-10(9-11(13)16)12(17)14(5-7-15)6-8-18-2/h3-4,9,15H,5-8H2,1-2H3. The van der Waals surface area contributed by atoms with Gasteiger partial charge >= 0.3 is 0 Å². The number of amides is 1. The number of carbonyl (C=O) groups excluding carboxylic acids is 1. The molecule has 0 aromatic carbocycles. The molecule has 1 rings (SSSR count). The third-order valence-corrected chi connectivity index (χ3v) is 2.57. The second-order valence-corrected chi connectivity index (χ2v) is 3.87. The topological polar surface area (TPSA) is 71.8 Å². The van der Waals surface area contributed by atoms with Crippen molar-refractivity contribution in [3.63, 3.8) is 0 Å². The van der Waals surface area contributed by atoms with Crippen LogP contribution in [0.25, 0.3) is 0 Å². The minimum absolute atomic E-state index is 0.125. The number of methoxy groups -OCH3 is 1. The van der Waals surface area contributed by atoms with E-state index < -0.39 is 0 Å². The molecule has 18 heavy (non-hydrogen) atoms. The molecule has 1 aromatic heterocycles. The predicted octanol–water partition coefficient (Wildman–Crippen LogP) is -0.534. The molecule has 6 heteroatoms. The largest absolute Gasteiger partial charge is 0.395 e. The Morgan fingerprint density at radius 2 is 2.22 bits per heavy atom. The second kappa shape index (κ2) is 6.93. The van der Waals surface area contributed by atoms with E-state index in [0.717, 1.165) is 0 Å². The van der Waals surface area contributed by atoms with Gasteiger partial charge in [-0.15, -0.1) is 0 Å². The van der Waals surface area contributed by atoms with Gasteiger partial charge in [-0.2, -0.15) is 0 Å². The molecular formula is C12H18N2O4. The summed E-state index contributed by atoms with van der Waals surface area (Å²) in [6.07, 6.45) is 1.54. The van der Waals surface area contributed by atoms with Gasteiger partial charge in [0.25, 0.3) is 11.5 Å². The number of aryl methyl sites for hydroxylation is 1. The van der Waals surface area contributed by atoms with Gasteiger partial charge in [0.05, 0.1) is 13.2 Å². The number of aliphatic hydroxyl groups is 1. The molecule has 0 saturated carbocycles. The second-order valence-electron chi connectivity index (χ2n) is 3.87. The molecule has 0 aliphatic heterocycles. The van der Waals surface area contributed by atoms with Gasteiger partial charge in [0.2, 0.25) is 0 Å². The number of nitrogens with zero attached hydrogens (tertiary/aromatic N) is 2. The van der Waals surface area contributed by atoms with Gasteiger partial charge in [-0.1, -0.05) is 0 Å². The first-order valence-corrected chi connectivity index (χ1v) is 5.66. The Balaban J connectivity index is 2.87. The highest BCUT2D eigenvalue weighted by molar-refractivity contribution is 5.94. The molecule has 0 bridgehead atoms. The molecule has 0 saturated heterocycles. The fraction of sp³-hybridized carbons (Fsp3) is 0.500. The average Bonchev–Trinajstić information content (AvgIpc) is 2.37. The molecule has 1 aromatic rings. The number of hydrogen-bond donors (Lipinski definition) is 1. The van der Waals surface area contributed by atoms with Gasteiger partial charge in [-0.05, 0) is 6.07 Å². The Morgan fingerprint density at radius 3 is 2.78 bits per heavy atom. The number of rotatable bonds is 6. The Bertz CT molecular complexity index is 456. The summed E-state index contributed by atoms with van der Waals surface area (Å²) in [5.74, 6) is -0.279. The highest BCUT2D eigenvalue weighted by Gasteiger charge is 2.15. The van der Waals surface area contributed by atoms with Crippen molar-refractivity contribution in [3.05, 3.63) is 34.2 Å². The van der Waals surface area contributed by atoms with E-state index in [-0.39, 0.29) is 24.6 Å². The van der Waals surface area contributed by atoms with Gasteiger partial charge < -0.3 is 19.3 Å². The van der Waals surface area contributed by atoms with Crippen LogP contribution < -0.4 is 5.56 Å². The van der Waals surface area contributed by atoms with Crippen LogP contribution in [0.15, 0.2) is 23.1 Å². The normalized spacial score (nSPS) is 10.4. The zero-order valence-corrected chi connectivity index (χ0v) is 10.6. The van der Waals surface area contributed by atoms with E-state index in [1.165, 1.54) is 15.5 Å². The Morgan fingerprint density at radius 1 is 1.50 bits per heavy atom. The number of pyridine rings is 1. The molecule has 0 unspecified atom stereocenters. The minimum atomic E-state index is -0.279. The molecule has 1 heterocycles. The molecule has 100 valence electrons. The summed E-state index contributed by atoms with van der Waals surface area (Å²) in [5, 5.41) is 8.93. The summed E-state index contributed by atoms with van der Waals surface area (Å²) in [6, 6.07) is 2.88. The third kappa shape index (κ3) is 3.68. The van der Waals surface area contributed by atoms with E-state index in [4.69, 9.17) is 9.84 Å². The van der Waals surface area contributed by atoms with Gasteiger partial charge in [0, 0.05) is 45.1 Å². The SMILES string of the molecule is COCCN(CCO)C(=O)c1ccn(C)c(=O)c1. The molecular weight excluding hydrogens is 236 g/mol. The monoisotopic (exact) mass is 254 g/mol. The summed E-state index contributed by atoms with van der Waals surface area (Å²) >= 11 is 0. The molecule has 0 aliphatic carbocycles. The summed E-state index contributed by atoms with van der Waals surface area (Å²) < 4.78 is 6.30. The van der Waals surface area contributed by atoms with Crippen molar-refractivity contribution in [1.29, 1.82) is 0 Å². The zero-order valence-electron chi connectivity index (χ0n) is 10.6. The number of hydrogen-bond acceptors (Lipinski definition) is 4. The van der Waals surface area contributed by atoms with E-state index >= 15 is 0 Å². The first kappa shape index (κ1) is 14.4. The molecule has 1 amide bonds. The molecule has 0 spiro atoms. The lowest BCUT2D eigenvalue weighted by molar-refractivity contribution is 0.0656. The number of carbonyl (C=O) groups is 1. The van der Waals surface area contributed by atoms with Gasteiger partial charge in [-0.3, -0.25) is 9.59 Å². The van der Waals surface area contributed by atoms with Crippen LogP contribution in [0, 0.1) is 0 Å². The Kier molecular flexibility index (Phi) is 5.54. The van der Waals surface area contributed by atoms with Crippen molar-refractivity contribution in [2.24, 2.45) is 7.05 Å². The van der Waals surface area contributed by atoms with Crippen LogP contribution in [-0.4, -0.2) is 53.9 Å². The summed E-state index contributed by atoms with van der Waals surface area (Å²) in [6.45, 7) is 0.861. The first-order chi connectivity index (χ1) is 8.60. The predicted molar refractivity (Wildman–Crippen MR) is 66.5 cm³/mol. The van der Waals surface area contributed by atoms with Crippen LogP contribution in [-0.2, 0) is 11.8 Å². The number of ether oxygens (including phenoxy) is 1. The van der Waals surface area contributed by atoms with Crippen molar-refractivity contribution in [2.75, 3.05) is 33.4 Å². The van der Waals surface area contributed by atoms with Crippen molar-refractivity contribution >= 4 is 5.91 Å². The van der Waals surface area contributed by atoms with Gasteiger partial charge in [0.1, 0.15) is 0 Å². The maximum atomic E-state index is 12.1. The van der Waals surface area contributed by atoms with Crippen LogP contribution in [0.2, 0.25) is 0 Å². The third-order valence-electron chi connectivity index (χ3n) is 2.57. The fourth-order valence-electron chi connectivity index (χ4n) is 1.50. The fourth-order valence-corrected chi connectivity index (χ4v) is 1.50. The van der Waals surface area contributed by atoms with Gasteiger partial charge in [0.15, 0.2) is 0 Å². The maximum absolute atomic E-state index is 12.1. The van der Waals surface area contributed by atoms with E-state index in [9.17, 15) is 9.59 Å². The number of aliphatic hydroxyl groups excluding tert-OH is 1. The summed E-state index contributed by atoms with van der Waals surface area (Å²) in [4.78, 5) is 25.0. The summed E-state index contributed by atoms with van der Waals surface area (Å²) in [5.41, 5.74) is 0.0826. The van der Waals surface area contributed by atoms with E-state index in [1.54, 1.807) is 26.4 Å². The average molecular weight is 254 g/mol. The van der Waals surface area contributed by atoms with Crippen molar-refractivity contribution in [1.82, 2.24) is 9.47 Å². The van der Waals surface area contributed by atoms with Crippen LogP contribution in [0.1, 0.15) is 10.4 Å². The quantitative estimate of drug-likeness (QED) is 0.740. The van der Waals surface area contributed by atoms with Crippen molar-refractivity contribution in [2.45, 2.75) is 0 Å². The molecule has 6 nitrogen and oxygen atoms in total. The van der Waals surface area contributed by atoms with Crippen LogP contribution in [0.4, 0.5) is 0 Å². The van der Waals surface area contributed by atoms with Crippen LogP contribution in [0.5, 0.6) is 0 Å². The maximum Gasteiger partial charge on any atom is 0.254 e. The van der Waals surface area contributed by atoms with E-state index in [2.05, 4.69) is 0 Å². The van der Waals surface area contributed by atoms with Crippen molar-refractivity contribution < 1.29 is 14.6 Å². The van der Waals surface area contributed by atoms with E-state index in [1.807, 2.05) is 0 Å². The lowest BCUT2D eigenvalue weighted by Crippen LogP contribution is -2.36. The van der Waals surface area contributed by atoms with Crippen LogP contribution in [0.3, 0.4) is 0 Å². The number of aromatic nitrogens is 1. The first-order valence-electron chi connectivity index (χ1n) is 5.66. The zero-order chi connectivity index (χ0) is 13.5. The lowest BCUT2D eigenvalue weighted by atomic mass is 10.2. The lowest BCUT2D eigenvalue weighted by Gasteiger charge is -2.21. The highest BCUT2D eigenvalue weighted by atomic mass is 16.5. The van der Waals surface area contributed by atoms with Crippen molar-refractivity contribution in [3.8, 4) is 0 Å². The molecule has 0 atom stereocenters. The summed E-state index contributed by atoms with van der Waals surface area (Å²) in [7, 11) is 3.16. The Labute approximate surface area is 105 Å². The molecule has 1 N–H and O–H groups in total. The molecule has 0 fully saturated rings. The smallest absolute Gasteiger partial charge is 0.254 e. The minimum Gasteiger partial charge on any atom is -0.395 e. The molecule has 0 radical (unpaired) electrons.